The van der Waals surface area contributed by atoms with Gasteiger partial charge in [-0.3, -0.25) is 14.4 Å². The number of carbonyl (C=O) groups excluding carboxylic acids is 3. The van der Waals surface area contributed by atoms with Crippen molar-refractivity contribution in [2.75, 3.05) is 20.2 Å². The predicted octanol–water partition coefficient (Wildman–Crippen LogP) is 1.19. The van der Waals surface area contributed by atoms with Crippen molar-refractivity contribution >= 4 is 33.6 Å². The minimum absolute atomic E-state index is 0.0212. The van der Waals surface area contributed by atoms with Gasteiger partial charge in [-0.2, -0.15) is 0 Å². The lowest BCUT2D eigenvalue weighted by Gasteiger charge is -2.15. The van der Waals surface area contributed by atoms with Crippen LogP contribution in [0.1, 0.15) is 5.56 Å². The third kappa shape index (κ3) is 3.25. The van der Waals surface area contributed by atoms with Crippen molar-refractivity contribution in [1.82, 2.24) is 4.90 Å². The van der Waals surface area contributed by atoms with E-state index in [-0.39, 0.29) is 31.2 Å². The number of hydrogen-bond acceptors (Lipinski definition) is 4. The first-order valence-corrected chi connectivity index (χ1v) is 6.93. The van der Waals surface area contributed by atoms with E-state index in [9.17, 15) is 14.4 Å². The number of likely N-dealkylation sites (tertiary alicyclic amines) is 1. The van der Waals surface area contributed by atoms with Crippen molar-refractivity contribution in [2.24, 2.45) is 5.92 Å². The quantitative estimate of drug-likeness (QED) is 0.613. The number of ether oxygens (including phenoxy) is 1. The Balaban J connectivity index is 2.01. The lowest BCUT2D eigenvalue weighted by molar-refractivity contribution is -0.147. The van der Waals surface area contributed by atoms with Crippen molar-refractivity contribution in [1.29, 1.82) is 0 Å². The molecule has 1 aromatic carbocycles. The van der Waals surface area contributed by atoms with Gasteiger partial charge in [-0.1, -0.05) is 28.1 Å². The summed E-state index contributed by atoms with van der Waals surface area (Å²) in [5, 5.41) is 0. The van der Waals surface area contributed by atoms with Crippen LogP contribution in [0, 0.1) is 5.92 Å². The Morgan fingerprint density at radius 3 is 2.85 bits per heavy atom. The highest BCUT2D eigenvalue weighted by Crippen LogP contribution is 2.17. The number of nitrogens with zero attached hydrogens (tertiary/aromatic N) is 1. The van der Waals surface area contributed by atoms with Crippen LogP contribution in [0.3, 0.4) is 0 Å². The summed E-state index contributed by atoms with van der Waals surface area (Å²) in [6.07, 6.45) is 0.209. The molecule has 0 spiro atoms. The van der Waals surface area contributed by atoms with Crippen molar-refractivity contribution in [3.8, 4) is 0 Å². The third-order valence-electron chi connectivity index (χ3n) is 3.22. The number of amides is 1. The largest absolute Gasteiger partial charge is 0.468 e. The molecule has 0 saturated carbocycles. The molecule has 0 aromatic heterocycles. The summed E-state index contributed by atoms with van der Waals surface area (Å²) < 4.78 is 5.46. The summed E-state index contributed by atoms with van der Waals surface area (Å²) in [5.74, 6) is -1.85. The number of rotatable bonds is 3. The van der Waals surface area contributed by atoms with Crippen LogP contribution in [0.15, 0.2) is 28.7 Å². The number of ketones is 1. The summed E-state index contributed by atoms with van der Waals surface area (Å²) in [6, 6.07) is 7.42. The molecule has 2 rings (SSSR count). The highest BCUT2D eigenvalue weighted by molar-refractivity contribution is 9.10. The first-order valence-electron chi connectivity index (χ1n) is 6.14. The standard InChI is InChI=1S/C14H14BrNO4/c1-20-14(19)11-7-16(8-12(11)17)13(18)6-9-3-2-4-10(15)5-9/h2-5,11H,6-8H2,1H3. The van der Waals surface area contributed by atoms with Crippen molar-refractivity contribution in [2.45, 2.75) is 6.42 Å². The summed E-state index contributed by atoms with van der Waals surface area (Å²) in [7, 11) is 1.24. The summed E-state index contributed by atoms with van der Waals surface area (Å²) >= 11 is 3.34. The monoisotopic (exact) mass is 339 g/mol. The molecule has 1 unspecified atom stereocenters. The molecular formula is C14H14BrNO4. The highest BCUT2D eigenvalue weighted by Gasteiger charge is 2.38. The summed E-state index contributed by atoms with van der Waals surface area (Å²) in [6.45, 7) is 0.0882. The maximum absolute atomic E-state index is 12.1. The van der Waals surface area contributed by atoms with Gasteiger partial charge in [0.2, 0.25) is 5.91 Å². The number of methoxy groups -OCH3 is 1. The van der Waals surface area contributed by atoms with Crippen LogP contribution < -0.4 is 0 Å². The second-order valence-electron chi connectivity index (χ2n) is 4.62. The van der Waals surface area contributed by atoms with Crippen LogP contribution >= 0.6 is 15.9 Å². The van der Waals surface area contributed by atoms with Gasteiger partial charge in [0.05, 0.1) is 20.1 Å². The number of esters is 1. The highest BCUT2D eigenvalue weighted by atomic mass is 79.9. The molecule has 1 saturated heterocycles. The third-order valence-corrected chi connectivity index (χ3v) is 3.71. The molecule has 1 fully saturated rings. The molecular weight excluding hydrogens is 326 g/mol. The Morgan fingerprint density at radius 2 is 2.20 bits per heavy atom. The number of hydrogen-bond donors (Lipinski definition) is 0. The SMILES string of the molecule is COC(=O)C1CN(C(=O)Cc2cccc(Br)c2)CC1=O. The zero-order valence-corrected chi connectivity index (χ0v) is 12.6. The zero-order valence-electron chi connectivity index (χ0n) is 11.0. The Hall–Kier alpha value is -1.69. The normalized spacial score (nSPS) is 18.2. The smallest absolute Gasteiger partial charge is 0.318 e. The first-order chi connectivity index (χ1) is 9.51. The Labute approximate surface area is 125 Å². The number of benzene rings is 1. The van der Waals surface area contributed by atoms with E-state index >= 15 is 0 Å². The molecule has 1 atom stereocenters. The van der Waals surface area contributed by atoms with E-state index < -0.39 is 11.9 Å². The molecule has 1 aliphatic rings. The van der Waals surface area contributed by atoms with Gasteiger partial charge in [0, 0.05) is 11.0 Å². The van der Waals surface area contributed by atoms with E-state index in [1.54, 1.807) is 0 Å². The molecule has 5 nitrogen and oxygen atoms in total. The number of halogens is 1. The van der Waals surface area contributed by atoms with Gasteiger partial charge in [-0.15, -0.1) is 0 Å². The van der Waals surface area contributed by atoms with E-state index in [1.807, 2.05) is 24.3 Å². The Morgan fingerprint density at radius 1 is 1.45 bits per heavy atom. The van der Waals surface area contributed by atoms with Crippen LogP contribution in [0.5, 0.6) is 0 Å². The molecule has 0 radical (unpaired) electrons. The molecule has 1 aliphatic heterocycles. The van der Waals surface area contributed by atoms with Crippen LogP contribution in [0.4, 0.5) is 0 Å². The fourth-order valence-electron chi connectivity index (χ4n) is 2.16. The zero-order chi connectivity index (χ0) is 14.7. The van der Waals surface area contributed by atoms with Gasteiger partial charge >= 0.3 is 5.97 Å². The van der Waals surface area contributed by atoms with Crippen LogP contribution in [-0.2, 0) is 25.5 Å². The van der Waals surface area contributed by atoms with Gasteiger partial charge in [0.25, 0.3) is 0 Å². The molecule has 1 amide bonds. The Bertz CT molecular complexity index is 558. The second kappa shape index (κ2) is 6.17. The first kappa shape index (κ1) is 14.7. The lowest BCUT2D eigenvalue weighted by Crippen LogP contribution is -2.31. The van der Waals surface area contributed by atoms with E-state index in [0.29, 0.717) is 0 Å². The van der Waals surface area contributed by atoms with Gasteiger partial charge < -0.3 is 9.64 Å². The molecule has 1 aromatic rings. The maximum atomic E-state index is 12.1. The van der Waals surface area contributed by atoms with Crippen molar-refractivity contribution in [3.05, 3.63) is 34.3 Å². The van der Waals surface area contributed by atoms with Crippen LogP contribution in [0.2, 0.25) is 0 Å². The predicted molar refractivity (Wildman–Crippen MR) is 74.9 cm³/mol. The number of carbonyl (C=O) groups is 3. The molecule has 0 aliphatic carbocycles. The van der Waals surface area contributed by atoms with Gasteiger partial charge in [-0.05, 0) is 17.7 Å². The molecule has 0 bridgehead atoms. The van der Waals surface area contributed by atoms with Crippen LogP contribution in [-0.4, -0.2) is 42.8 Å². The topological polar surface area (TPSA) is 63.7 Å². The minimum atomic E-state index is -0.841. The molecule has 106 valence electrons. The van der Waals surface area contributed by atoms with Gasteiger partial charge in [0.15, 0.2) is 5.78 Å². The fraction of sp³-hybridized carbons (Fsp3) is 0.357. The molecule has 1 heterocycles. The summed E-state index contributed by atoms with van der Waals surface area (Å²) in [5.41, 5.74) is 0.860. The average Bonchev–Trinajstić information content (AvgIpc) is 2.80. The van der Waals surface area contributed by atoms with Crippen molar-refractivity contribution < 1.29 is 19.1 Å². The molecule has 6 heteroatoms. The molecule has 0 N–H and O–H groups in total. The van der Waals surface area contributed by atoms with Crippen LogP contribution in [0.25, 0.3) is 0 Å². The van der Waals surface area contributed by atoms with E-state index in [1.165, 1.54) is 12.0 Å². The van der Waals surface area contributed by atoms with E-state index in [4.69, 9.17) is 0 Å². The van der Waals surface area contributed by atoms with E-state index in [0.717, 1.165) is 10.0 Å². The van der Waals surface area contributed by atoms with Gasteiger partial charge in [0.1, 0.15) is 5.92 Å². The average molecular weight is 340 g/mol. The molecule has 20 heavy (non-hydrogen) atoms. The second-order valence-corrected chi connectivity index (χ2v) is 5.54. The maximum Gasteiger partial charge on any atom is 0.318 e. The fourth-order valence-corrected chi connectivity index (χ4v) is 2.60. The van der Waals surface area contributed by atoms with Gasteiger partial charge in [-0.25, -0.2) is 0 Å². The summed E-state index contributed by atoms with van der Waals surface area (Å²) in [4.78, 5) is 36.6. The van der Waals surface area contributed by atoms with Crippen molar-refractivity contribution in [3.63, 3.8) is 0 Å². The number of Topliss-reactive ketones (excluding diaryl/α,β-unsaturated/α-hetero) is 1. The minimum Gasteiger partial charge on any atom is -0.468 e. The van der Waals surface area contributed by atoms with E-state index in [2.05, 4.69) is 20.7 Å². The Kier molecular flexibility index (Phi) is 4.54. The lowest BCUT2D eigenvalue weighted by atomic mass is 10.1.